The molecule has 0 atom stereocenters. The van der Waals surface area contributed by atoms with Crippen molar-refractivity contribution in [2.45, 2.75) is 46.0 Å². The molecule has 160 valence electrons. The lowest BCUT2D eigenvalue weighted by molar-refractivity contribution is 0.0912. The SMILES string of the molecule is CC1(C)CC(=O)c2cnc3nc(N4CCC(Cc5ccccc5)CC4)[nH]c(=O)c3c2C1. The molecule has 0 unspecified atom stereocenters. The third-order valence-electron chi connectivity index (χ3n) is 6.71. The second-order valence-corrected chi connectivity index (χ2v) is 9.80. The van der Waals surface area contributed by atoms with E-state index in [2.05, 4.69) is 59.0 Å². The van der Waals surface area contributed by atoms with Gasteiger partial charge < -0.3 is 4.90 Å². The minimum Gasteiger partial charge on any atom is -0.342 e. The van der Waals surface area contributed by atoms with Gasteiger partial charge in [0.25, 0.3) is 5.56 Å². The molecule has 0 saturated carbocycles. The Hall–Kier alpha value is -3.02. The number of nitrogens with zero attached hydrogens (tertiary/aromatic N) is 3. The van der Waals surface area contributed by atoms with Crippen LogP contribution in [0.4, 0.5) is 5.95 Å². The Morgan fingerprint density at radius 3 is 2.58 bits per heavy atom. The fraction of sp³-hybridized carbons (Fsp3) is 0.440. The number of carbonyl (C=O) groups excluding carboxylic acids is 1. The second-order valence-electron chi connectivity index (χ2n) is 9.80. The number of H-pyrrole nitrogens is 1. The molecule has 6 heteroatoms. The topological polar surface area (TPSA) is 79.0 Å². The predicted molar refractivity (Wildman–Crippen MR) is 122 cm³/mol. The summed E-state index contributed by atoms with van der Waals surface area (Å²) in [4.78, 5) is 39.9. The molecule has 1 aliphatic heterocycles. The van der Waals surface area contributed by atoms with Crippen LogP contribution >= 0.6 is 0 Å². The number of anilines is 1. The van der Waals surface area contributed by atoms with Gasteiger partial charge in [0.1, 0.15) is 0 Å². The normalized spacial score (nSPS) is 18.9. The number of rotatable bonds is 3. The summed E-state index contributed by atoms with van der Waals surface area (Å²) in [6.07, 6.45) is 6.00. The summed E-state index contributed by atoms with van der Waals surface area (Å²) in [6.45, 7) is 5.86. The monoisotopic (exact) mass is 416 g/mol. The van der Waals surface area contributed by atoms with Crippen molar-refractivity contribution in [2.24, 2.45) is 11.3 Å². The van der Waals surface area contributed by atoms with E-state index in [9.17, 15) is 9.59 Å². The predicted octanol–water partition coefficient (Wildman–Crippen LogP) is 3.93. The van der Waals surface area contributed by atoms with E-state index in [1.54, 1.807) is 6.20 Å². The van der Waals surface area contributed by atoms with Gasteiger partial charge in [-0.25, -0.2) is 4.98 Å². The summed E-state index contributed by atoms with van der Waals surface area (Å²) in [7, 11) is 0. The lowest BCUT2D eigenvalue weighted by atomic mass is 9.73. The highest BCUT2D eigenvalue weighted by molar-refractivity contribution is 6.02. The van der Waals surface area contributed by atoms with Crippen molar-refractivity contribution in [1.29, 1.82) is 0 Å². The molecule has 6 nitrogen and oxygen atoms in total. The number of aromatic amines is 1. The van der Waals surface area contributed by atoms with E-state index < -0.39 is 0 Å². The molecule has 1 N–H and O–H groups in total. The number of benzene rings is 1. The van der Waals surface area contributed by atoms with Gasteiger partial charge in [-0.1, -0.05) is 44.2 Å². The average molecular weight is 417 g/mol. The standard InChI is InChI=1S/C25H28N4O2/c1-25(2)13-18-19(20(30)14-25)15-26-22-21(18)23(31)28-24(27-22)29-10-8-17(9-11-29)12-16-6-4-3-5-7-16/h3-7,15,17H,8-14H2,1-2H3,(H,26,27,28,31). The largest absolute Gasteiger partial charge is 0.342 e. The van der Waals surface area contributed by atoms with Crippen molar-refractivity contribution in [1.82, 2.24) is 15.0 Å². The Kier molecular flexibility index (Phi) is 4.88. The van der Waals surface area contributed by atoms with E-state index in [4.69, 9.17) is 4.98 Å². The molecule has 0 spiro atoms. The molecule has 3 aromatic rings. The molecule has 0 radical (unpaired) electrons. The lowest BCUT2D eigenvalue weighted by Gasteiger charge is -2.33. The van der Waals surface area contributed by atoms with Crippen molar-refractivity contribution in [3.05, 3.63) is 63.6 Å². The molecule has 2 aromatic heterocycles. The summed E-state index contributed by atoms with van der Waals surface area (Å²) in [5.41, 5.74) is 2.84. The Balaban J connectivity index is 1.39. The van der Waals surface area contributed by atoms with Gasteiger partial charge in [0.15, 0.2) is 11.4 Å². The number of ketones is 1. The zero-order valence-corrected chi connectivity index (χ0v) is 18.1. The van der Waals surface area contributed by atoms with Crippen molar-refractivity contribution in [3.8, 4) is 0 Å². The summed E-state index contributed by atoms with van der Waals surface area (Å²) in [6, 6.07) is 10.6. The summed E-state index contributed by atoms with van der Waals surface area (Å²) in [5, 5.41) is 0.473. The number of Topliss-reactive ketones (excluding diaryl/α,β-unsaturated/α-hetero) is 1. The quantitative estimate of drug-likeness (QED) is 0.700. The molecule has 1 saturated heterocycles. The molecule has 2 aliphatic rings. The van der Waals surface area contributed by atoms with Gasteiger partial charge in [-0.2, -0.15) is 4.98 Å². The number of carbonyl (C=O) groups is 1. The molecule has 0 amide bonds. The summed E-state index contributed by atoms with van der Waals surface area (Å²) < 4.78 is 0. The summed E-state index contributed by atoms with van der Waals surface area (Å²) in [5.74, 6) is 1.29. The molecule has 1 aromatic carbocycles. The van der Waals surface area contributed by atoms with Gasteiger partial charge in [-0.15, -0.1) is 0 Å². The van der Waals surface area contributed by atoms with Gasteiger partial charge in [-0.05, 0) is 48.1 Å². The van der Waals surface area contributed by atoms with Gasteiger partial charge in [0.05, 0.1) is 5.39 Å². The fourth-order valence-electron chi connectivity index (χ4n) is 5.09. The average Bonchev–Trinajstić information content (AvgIpc) is 2.73. The summed E-state index contributed by atoms with van der Waals surface area (Å²) >= 11 is 0. The van der Waals surface area contributed by atoms with E-state index >= 15 is 0 Å². The third-order valence-corrected chi connectivity index (χ3v) is 6.71. The van der Waals surface area contributed by atoms with Crippen LogP contribution in [0.2, 0.25) is 0 Å². The van der Waals surface area contributed by atoms with Crippen LogP contribution in [0.5, 0.6) is 0 Å². The van der Waals surface area contributed by atoms with E-state index in [-0.39, 0.29) is 16.8 Å². The van der Waals surface area contributed by atoms with Gasteiger partial charge >= 0.3 is 0 Å². The van der Waals surface area contributed by atoms with Crippen LogP contribution in [0.15, 0.2) is 41.3 Å². The lowest BCUT2D eigenvalue weighted by Crippen LogP contribution is -2.36. The molecule has 1 fully saturated rings. The number of fused-ring (bicyclic) bond motifs is 3. The van der Waals surface area contributed by atoms with Crippen LogP contribution in [0.1, 0.15) is 54.6 Å². The van der Waals surface area contributed by atoms with Crippen LogP contribution < -0.4 is 10.5 Å². The zero-order valence-electron chi connectivity index (χ0n) is 18.1. The van der Waals surface area contributed by atoms with Crippen molar-refractivity contribution >= 4 is 22.8 Å². The fourth-order valence-corrected chi connectivity index (χ4v) is 5.09. The van der Waals surface area contributed by atoms with Crippen LogP contribution in [0, 0.1) is 11.3 Å². The Morgan fingerprint density at radius 2 is 1.84 bits per heavy atom. The van der Waals surface area contributed by atoms with E-state index in [0.717, 1.165) is 37.9 Å². The molecule has 0 bridgehead atoms. The van der Waals surface area contributed by atoms with E-state index in [1.807, 2.05) is 0 Å². The van der Waals surface area contributed by atoms with Gasteiger partial charge in [-0.3, -0.25) is 14.6 Å². The molecular weight excluding hydrogens is 388 g/mol. The first-order valence-electron chi connectivity index (χ1n) is 11.1. The van der Waals surface area contributed by atoms with Crippen LogP contribution in [-0.4, -0.2) is 33.8 Å². The molecular formula is C25H28N4O2. The highest BCUT2D eigenvalue weighted by atomic mass is 16.1. The minimum atomic E-state index is -0.193. The molecule has 31 heavy (non-hydrogen) atoms. The number of piperidine rings is 1. The Bertz CT molecular complexity index is 1190. The minimum absolute atomic E-state index is 0.0598. The maximum atomic E-state index is 13.1. The van der Waals surface area contributed by atoms with Crippen LogP contribution in [0.3, 0.4) is 0 Å². The number of pyridine rings is 1. The number of aromatic nitrogens is 3. The zero-order chi connectivity index (χ0) is 21.6. The molecule has 5 rings (SSSR count). The van der Waals surface area contributed by atoms with Crippen molar-refractivity contribution in [2.75, 3.05) is 18.0 Å². The van der Waals surface area contributed by atoms with Crippen LogP contribution in [-0.2, 0) is 12.8 Å². The molecule has 1 aliphatic carbocycles. The highest BCUT2D eigenvalue weighted by Crippen LogP contribution is 2.36. The highest BCUT2D eigenvalue weighted by Gasteiger charge is 2.33. The van der Waals surface area contributed by atoms with Crippen molar-refractivity contribution in [3.63, 3.8) is 0 Å². The van der Waals surface area contributed by atoms with Crippen molar-refractivity contribution < 1.29 is 4.79 Å². The number of nitrogens with one attached hydrogen (secondary N) is 1. The smallest absolute Gasteiger partial charge is 0.262 e. The second kappa shape index (κ2) is 7.59. The van der Waals surface area contributed by atoms with Crippen LogP contribution in [0.25, 0.3) is 11.0 Å². The first-order valence-corrected chi connectivity index (χ1v) is 11.1. The number of hydrogen-bond acceptors (Lipinski definition) is 5. The van der Waals surface area contributed by atoms with Gasteiger partial charge in [0.2, 0.25) is 5.95 Å². The maximum absolute atomic E-state index is 13.1. The first-order chi connectivity index (χ1) is 14.9. The maximum Gasteiger partial charge on any atom is 0.262 e. The van der Waals surface area contributed by atoms with E-state index in [1.165, 1.54) is 5.56 Å². The Labute approximate surface area is 181 Å². The number of hydrogen-bond donors (Lipinski definition) is 1. The molecule has 3 heterocycles. The van der Waals surface area contributed by atoms with Gasteiger partial charge in [0, 0.05) is 31.3 Å². The first kappa shape index (κ1) is 19.9. The Morgan fingerprint density at radius 1 is 1.10 bits per heavy atom. The van der Waals surface area contributed by atoms with E-state index in [0.29, 0.717) is 41.3 Å². The third kappa shape index (κ3) is 3.87.